The zero-order valence-corrected chi connectivity index (χ0v) is 21.1. The van der Waals surface area contributed by atoms with Gasteiger partial charge in [0, 0.05) is 58.1 Å². The number of urea groups is 1. The molecule has 35 heavy (non-hydrogen) atoms. The van der Waals surface area contributed by atoms with Crippen molar-refractivity contribution in [2.75, 3.05) is 52.3 Å². The number of carbonyl (C=O) groups is 2. The Labute approximate surface area is 205 Å². The lowest BCUT2D eigenvalue weighted by Crippen LogP contribution is -2.47. The Kier molecular flexibility index (Phi) is 10.6. The van der Waals surface area contributed by atoms with E-state index < -0.39 is 12.6 Å². The molecule has 1 heterocycles. The summed E-state index contributed by atoms with van der Waals surface area (Å²) in [7, 11) is 3.18. The SMILES string of the molecule is CCCNC(=O)Nc1ccc2c(c1)OC[C@H](C)N(CCC(F)(F)F)C[C@H](C)[C@@H](OC)CN(C)C2=O. The normalized spacial score (nSPS) is 22.5. The van der Waals surface area contributed by atoms with Gasteiger partial charge in [-0.3, -0.25) is 9.69 Å². The second kappa shape index (κ2) is 13.0. The Balaban J connectivity index is 2.35. The Morgan fingerprint density at radius 1 is 1.26 bits per heavy atom. The molecule has 198 valence electrons. The van der Waals surface area contributed by atoms with Gasteiger partial charge in [0.2, 0.25) is 0 Å². The third-order valence-corrected chi connectivity index (χ3v) is 6.05. The van der Waals surface area contributed by atoms with Crippen LogP contribution in [0.25, 0.3) is 0 Å². The van der Waals surface area contributed by atoms with Gasteiger partial charge in [-0.15, -0.1) is 0 Å². The van der Waals surface area contributed by atoms with Gasteiger partial charge in [-0.05, 0) is 31.4 Å². The van der Waals surface area contributed by atoms with Crippen LogP contribution in [0.5, 0.6) is 5.75 Å². The number of ether oxygens (including phenoxy) is 2. The first-order chi connectivity index (χ1) is 16.4. The molecule has 0 unspecified atom stereocenters. The first-order valence-electron chi connectivity index (χ1n) is 11.9. The fourth-order valence-electron chi connectivity index (χ4n) is 3.92. The molecule has 2 N–H and O–H groups in total. The van der Waals surface area contributed by atoms with Gasteiger partial charge in [-0.2, -0.15) is 13.2 Å². The summed E-state index contributed by atoms with van der Waals surface area (Å²) < 4.78 is 50.5. The maximum absolute atomic E-state index is 13.2. The van der Waals surface area contributed by atoms with Crippen LogP contribution in [0.1, 0.15) is 44.0 Å². The van der Waals surface area contributed by atoms with Crippen LogP contribution in [0.4, 0.5) is 23.7 Å². The molecule has 3 atom stereocenters. The lowest BCUT2D eigenvalue weighted by Gasteiger charge is -2.36. The van der Waals surface area contributed by atoms with Crippen molar-refractivity contribution in [3.05, 3.63) is 23.8 Å². The average Bonchev–Trinajstić information content (AvgIpc) is 2.80. The van der Waals surface area contributed by atoms with E-state index in [1.807, 2.05) is 13.8 Å². The van der Waals surface area contributed by atoms with E-state index in [4.69, 9.17) is 9.47 Å². The molecular weight excluding hydrogens is 465 g/mol. The molecule has 0 bridgehead atoms. The van der Waals surface area contributed by atoms with Crippen molar-refractivity contribution in [2.24, 2.45) is 5.92 Å². The van der Waals surface area contributed by atoms with E-state index in [9.17, 15) is 22.8 Å². The minimum absolute atomic E-state index is 0.0672. The third-order valence-electron chi connectivity index (χ3n) is 6.05. The summed E-state index contributed by atoms with van der Waals surface area (Å²) in [5.74, 6) is -0.156. The van der Waals surface area contributed by atoms with E-state index in [0.29, 0.717) is 24.3 Å². The van der Waals surface area contributed by atoms with Gasteiger partial charge in [0.1, 0.15) is 12.4 Å². The highest BCUT2D eigenvalue weighted by molar-refractivity contribution is 5.98. The summed E-state index contributed by atoms with van der Waals surface area (Å²) in [5.41, 5.74) is 0.731. The molecule has 11 heteroatoms. The predicted octanol–water partition coefficient (Wildman–Crippen LogP) is 3.98. The Hall–Kier alpha value is -2.53. The summed E-state index contributed by atoms with van der Waals surface area (Å²) >= 11 is 0. The van der Waals surface area contributed by atoms with Gasteiger partial charge in [-0.1, -0.05) is 13.8 Å². The summed E-state index contributed by atoms with van der Waals surface area (Å²) in [5, 5.41) is 5.42. The minimum Gasteiger partial charge on any atom is -0.491 e. The maximum atomic E-state index is 13.2. The summed E-state index contributed by atoms with van der Waals surface area (Å²) in [4.78, 5) is 28.5. The Morgan fingerprint density at radius 3 is 2.60 bits per heavy atom. The van der Waals surface area contributed by atoms with Crippen LogP contribution in [0.15, 0.2) is 18.2 Å². The van der Waals surface area contributed by atoms with Crippen molar-refractivity contribution >= 4 is 17.6 Å². The van der Waals surface area contributed by atoms with Crippen molar-refractivity contribution < 1.29 is 32.2 Å². The Bertz CT molecular complexity index is 853. The van der Waals surface area contributed by atoms with Crippen molar-refractivity contribution in [2.45, 2.75) is 51.9 Å². The van der Waals surface area contributed by atoms with E-state index in [0.717, 1.165) is 6.42 Å². The number of rotatable bonds is 6. The van der Waals surface area contributed by atoms with E-state index >= 15 is 0 Å². The highest BCUT2D eigenvalue weighted by Crippen LogP contribution is 2.27. The number of methoxy groups -OCH3 is 1. The van der Waals surface area contributed by atoms with Gasteiger partial charge in [0.15, 0.2) is 0 Å². The second-order valence-corrected chi connectivity index (χ2v) is 9.05. The summed E-state index contributed by atoms with van der Waals surface area (Å²) in [6.45, 7) is 6.66. The number of anilines is 1. The summed E-state index contributed by atoms with van der Waals surface area (Å²) in [6, 6.07) is 4.00. The number of likely N-dealkylation sites (N-methyl/N-ethyl adjacent to an activating group) is 1. The molecule has 0 aromatic heterocycles. The number of amides is 3. The van der Waals surface area contributed by atoms with Crippen LogP contribution in [0.2, 0.25) is 0 Å². The van der Waals surface area contributed by atoms with E-state index in [2.05, 4.69) is 10.6 Å². The topological polar surface area (TPSA) is 83.1 Å². The fraction of sp³-hybridized carbons (Fsp3) is 0.667. The molecular formula is C24H37F3N4O4. The van der Waals surface area contributed by atoms with Crippen molar-refractivity contribution in [3.8, 4) is 5.75 Å². The number of alkyl halides is 3. The van der Waals surface area contributed by atoms with E-state index in [1.165, 1.54) is 12.0 Å². The highest BCUT2D eigenvalue weighted by atomic mass is 19.4. The van der Waals surface area contributed by atoms with Gasteiger partial charge in [-0.25, -0.2) is 4.79 Å². The lowest BCUT2D eigenvalue weighted by atomic mass is 10.0. The molecule has 3 amide bonds. The number of benzene rings is 1. The average molecular weight is 503 g/mol. The van der Waals surface area contributed by atoms with Crippen LogP contribution in [0.3, 0.4) is 0 Å². The number of fused-ring (bicyclic) bond motifs is 1. The largest absolute Gasteiger partial charge is 0.491 e. The second-order valence-electron chi connectivity index (χ2n) is 9.05. The first kappa shape index (κ1) is 28.7. The molecule has 0 spiro atoms. The number of halogens is 3. The first-order valence-corrected chi connectivity index (χ1v) is 11.9. The number of hydrogen-bond donors (Lipinski definition) is 2. The Morgan fingerprint density at radius 2 is 1.97 bits per heavy atom. The van der Waals surface area contributed by atoms with Crippen LogP contribution in [-0.4, -0.2) is 87.0 Å². The molecule has 1 aromatic carbocycles. The lowest BCUT2D eigenvalue weighted by molar-refractivity contribution is -0.140. The van der Waals surface area contributed by atoms with E-state index in [1.54, 1.807) is 37.1 Å². The van der Waals surface area contributed by atoms with Crippen molar-refractivity contribution in [3.63, 3.8) is 0 Å². The fourth-order valence-corrected chi connectivity index (χ4v) is 3.92. The van der Waals surface area contributed by atoms with Crippen molar-refractivity contribution in [1.82, 2.24) is 15.1 Å². The minimum atomic E-state index is -4.27. The molecule has 0 saturated carbocycles. The molecule has 8 nitrogen and oxygen atoms in total. The molecule has 0 aliphatic carbocycles. The number of nitrogens with zero attached hydrogens (tertiary/aromatic N) is 2. The van der Waals surface area contributed by atoms with Crippen LogP contribution in [0, 0.1) is 5.92 Å². The van der Waals surface area contributed by atoms with Gasteiger partial charge < -0.3 is 25.0 Å². The standard InChI is InChI=1S/C24H37F3N4O4/c1-6-10-28-23(33)29-18-7-8-19-20(12-18)35-15-17(3)31(11-9-24(25,26)27)13-16(2)21(34-5)14-30(4)22(19)32/h7-8,12,16-17,21H,6,9-11,13-15H2,1-5H3,(H2,28,29,33)/t16-,17-,21-/m0/s1. The van der Waals surface area contributed by atoms with Crippen molar-refractivity contribution in [1.29, 1.82) is 0 Å². The van der Waals surface area contributed by atoms with Crippen LogP contribution >= 0.6 is 0 Å². The zero-order chi connectivity index (χ0) is 26.2. The quantitative estimate of drug-likeness (QED) is 0.615. The molecule has 1 aliphatic rings. The van der Waals surface area contributed by atoms with Gasteiger partial charge in [0.25, 0.3) is 5.91 Å². The van der Waals surface area contributed by atoms with Crippen LogP contribution in [-0.2, 0) is 4.74 Å². The number of carbonyl (C=O) groups excluding carboxylic acids is 2. The molecule has 2 rings (SSSR count). The van der Waals surface area contributed by atoms with Gasteiger partial charge in [0.05, 0.1) is 18.1 Å². The maximum Gasteiger partial charge on any atom is 0.390 e. The third kappa shape index (κ3) is 8.88. The highest BCUT2D eigenvalue weighted by Gasteiger charge is 2.32. The molecule has 0 fully saturated rings. The number of hydrogen-bond acceptors (Lipinski definition) is 5. The molecule has 0 radical (unpaired) electrons. The molecule has 1 aliphatic heterocycles. The number of nitrogens with one attached hydrogen (secondary N) is 2. The molecule has 1 aromatic rings. The van der Waals surface area contributed by atoms with Crippen LogP contribution < -0.4 is 15.4 Å². The summed E-state index contributed by atoms with van der Waals surface area (Å²) in [6.07, 6.45) is -4.79. The van der Waals surface area contributed by atoms with Gasteiger partial charge >= 0.3 is 12.2 Å². The predicted molar refractivity (Wildman–Crippen MR) is 128 cm³/mol. The molecule has 0 saturated heterocycles. The zero-order valence-electron chi connectivity index (χ0n) is 21.1. The monoisotopic (exact) mass is 502 g/mol. The smallest absolute Gasteiger partial charge is 0.390 e. The van der Waals surface area contributed by atoms with E-state index in [-0.39, 0.29) is 55.4 Å².